The van der Waals surface area contributed by atoms with Crippen molar-refractivity contribution in [1.82, 2.24) is 0 Å². The zero-order chi connectivity index (χ0) is 29.5. The molecule has 0 heterocycles. The molecule has 0 fully saturated rings. The molecule has 0 rings (SSSR count). The first-order valence-electron chi connectivity index (χ1n) is 15.8. The maximum atomic E-state index is 10.8. The summed E-state index contributed by atoms with van der Waals surface area (Å²) in [6, 6.07) is 0. The Labute approximate surface area is 241 Å². The number of rotatable bonds is 29. The normalized spacial score (nSPS) is 9.97. The first kappa shape index (κ1) is 41.7. The van der Waals surface area contributed by atoms with Crippen LogP contribution in [0.15, 0.2) is 12.7 Å². The highest BCUT2D eigenvalue weighted by Crippen LogP contribution is 2.14. The number of esters is 1. The molecule has 0 atom stereocenters. The van der Waals surface area contributed by atoms with Crippen LogP contribution in [0.4, 0.5) is 0 Å². The minimum Gasteiger partial charge on any atom is -0.460 e. The summed E-state index contributed by atoms with van der Waals surface area (Å²) in [7, 11) is 0. The molecule has 0 N–H and O–H groups in total. The van der Waals surface area contributed by atoms with Gasteiger partial charge in [-0.05, 0) is 12.8 Å². The molecule has 0 unspecified atom stereocenters. The van der Waals surface area contributed by atoms with Gasteiger partial charge >= 0.3 is 5.97 Å². The van der Waals surface area contributed by atoms with Gasteiger partial charge in [-0.25, -0.2) is 4.79 Å². The van der Waals surface area contributed by atoms with E-state index in [1.807, 2.05) is 6.79 Å². The van der Waals surface area contributed by atoms with Crippen LogP contribution in [-0.2, 0) is 28.7 Å². The maximum Gasteiger partial charge on any atom is 0.330 e. The third-order valence-electron chi connectivity index (χ3n) is 6.42. The van der Waals surface area contributed by atoms with Gasteiger partial charge in [0.2, 0.25) is 0 Å². The molecular weight excluding hydrogens is 492 g/mol. The Morgan fingerprint density at radius 2 is 0.897 bits per heavy atom. The van der Waals surface area contributed by atoms with Crippen molar-refractivity contribution >= 4 is 25.3 Å². The number of aldehydes is 2. The summed E-state index contributed by atoms with van der Waals surface area (Å²) in [5, 5.41) is 0. The van der Waals surface area contributed by atoms with E-state index in [-0.39, 0.29) is 5.97 Å². The van der Waals surface area contributed by atoms with Crippen LogP contribution in [0, 0.1) is 0 Å². The van der Waals surface area contributed by atoms with E-state index >= 15 is 0 Å². The van der Waals surface area contributed by atoms with Crippen molar-refractivity contribution in [1.29, 1.82) is 0 Å². The number of ether oxygens (including phenoxy) is 2. The molecule has 0 aliphatic rings. The molecule has 0 aromatic rings. The molecule has 6 heteroatoms. The van der Waals surface area contributed by atoms with Gasteiger partial charge in [-0.1, -0.05) is 135 Å². The van der Waals surface area contributed by atoms with Gasteiger partial charge in [0.05, 0.1) is 6.61 Å². The molecule has 0 radical (unpaired) electrons. The van der Waals surface area contributed by atoms with E-state index in [1.54, 1.807) is 0 Å². The van der Waals surface area contributed by atoms with E-state index in [0.29, 0.717) is 32.5 Å². The lowest BCUT2D eigenvalue weighted by Crippen LogP contribution is -2.08. The second-order valence-corrected chi connectivity index (χ2v) is 9.97. The predicted octanol–water partition coefficient (Wildman–Crippen LogP) is 8.92. The fourth-order valence-corrected chi connectivity index (χ4v) is 4.11. The van der Waals surface area contributed by atoms with Gasteiger partial charge in [-0.2, -0.15) is 0 Å². The minimum absolute atomic E-state index is 0.323. The quantitative estimate of drug-likeness (QED) is 0.0397. The summed E-state index contributed by atoms with van der Waals surface area (Å²) in [5.41, 5.74) is 0. The molecule has 39 heavy (non-hydrogen) atoms. The first-order chi connectivity index (χ1) is 19.2. The Balaban J connectivity index is -0.00000124. The lowest BCUT2D eigenvalue weighted by Gasteiger charge is -2.05. The third kappa shape index (κ3) is 46.4. The van der Waals surface area contributed by atoms with E-state index in [2.05, 4.69) is 13.5 Å². The summed E-state index contributed by atoms with van der Waals surface area (Å²) in [5.74, 6) is -0.377. The predicted molar refractivity (Wildman–Crippen MR) is 163 cm³/mol. The monoisotopic (exact) mass is 554 g/mol. The summed E-state index contributed by atoms with van der Waals surface area (Å²) < 4.78 is 10.3. The Morgan fingerprint density at radius 3 is 1.23 bits per heavy atom. The highest BCUT2D eigenvalue weighted by molar-refractivity contribution is 5.81. The van der Waals surface area contributed by atoms with Gasteiger partial charge in [-0.15, -0.1) is 0 Å². The summed E-state index contributed by atoms with van der Waals surface area (Å²) in [6.45, 7) is 9.22. The third-order valence-corrected chi connectivity index (χ3v) is 6.42. The Morgan fingerprint density at radius 1 is 0.538 bits per heavy atom. The van der Waals surface area contributed by atoms with Gasteiger partial charge in [0, 0.05) is 25.5 Å². The van der Waals surface area contributed by atoms with E-state index in [1.165, 1.54) is 128 Å². The molecule has 0 amide bonds. The van der Waals surface area contributed by atoms with Crippen molar-refractivity contribution in [3.8, 4) is 0 Å². The molecular formula is C33H62O6. The van der Waals surface area contributed by atoms with Crippen molar-refractivity contribution in [3.05, 3.63) is 12.7 Å². The lowest BCUT2D eigenvalue weighted by atomic mass is 10.0. The largest absolute Gasteiger partial charge is 0.460 e. The molecule has 0 saturated carbocycles. The lowest BCUT2D eigenvalue weighted by molar-refractivity contribution is -0.139. The SMILES string of the molecule is C=CC(=O)OCCOCCCCCCCCCCCCCCCCCCCCCC.C=O.O=CCCCC=O. The van der Waals surface area contributed by atoms with E-state index in [4.69, 9.17) is 14.3 Å². The number of unbranched alkanes of at least 4 members (excludes halogenated alkanes) is 21. The van der Waals surface area contributed by atoms with E-state index in [9.17, 15) is 14.4 Å². The zero-order valence-electron chi connectivity index (χ0n) is 25.5. The van der Waals surface area contributed by atoms with E-state index < -0.39 is 0 Å². The van der Waals surface area contributed by atoms with Crippen LogP contribution in [0.25, 0.3) is 0 Å². The van der Waals surface area contributed by atoms with Gasteiger partial charge in [0.25, 0.3) is 0 Å². The van der Waals surface area contributed by atoms with Crippen LogP contribution in [0.3, 0.4) is 0 Å². The van der Waals surface area contributed by atoms with Crippen molar-refractivity contribution < 1.29 is 28.7 Å². The van der Waals surface area contributed by atoms with Gasteiger partial charge in [0.15, 0.2) is 0 Å². The zero-order valence-corrected chi connectivity index (χ0v) is 25.5. The molecule has 0 aliphatic heterocycles. The topological polar surface area (TPSA) is 86.7 Å². The first-order valence-corrected chi connectivity index (χ1v) is 15.8. The van der Waals surface area contributed by atoms with Gasteiger partial charge in [-0.3, -0.25) is 0 Å². The second kappa shape index (κ2) is 43.2. The fourth-order valence-electron chi connectivity index (χ4n) is 4.11. The summed E-state index contributed by atoms with van der Waals surface area (Å²) >= 11 is 0. The second-order valence-electron chi connectivity index (χ2n) is 9.97. The molecule has 0 spiro atoms. The Hall–Kier alpha value is -1.82. The molecule has 0 saturated heterocycles. The molecule has 230 valence electrons. The fraction of sp³-hybridized carbons (Fsp3) is 0.818. The standard InChI is InChI=1S/C27H52O3.C5H8O2.CH2O/c1-3-5-6-7-8-9-10-11-12-13-14-15-16-17-18-19-20-21-22-23-24-29-25-26-30-27(28)4-2;6-4-2-1-3-5-7;1-2/h4H,2-3,5-26H2,1H3;4-5H,1-3H2;1H2. The van der Waals surface area contributed by atoms with Crippen LogP contribution in [0.5, 0.6) is 0 Å². The molecule has 0 aromatic carbocycles. The van der Waals surface area contributed by atoms with Gasteiger partial charge in [0.1, 0.15) is 26.0 Å². The van der Waals surface area contributed by atoms with Crippen LogP contribution in [-0.4, -0.2) is 45.2 Å². The summed E-state index contributed by atoms with van der Waals surface area (Å²) in [6.07, 6.45) is 32.5. The van der Waals surface area contributed by atoms with Crippen LogP contribution >= 0.6 is 0 Å². The van der Waals surface area contributed by atoms with Crippen LogP contribution in [0.1, 0.15) is 155 Å². The molecule has 0 bridgehead atoms. The molecule has 6 nitrogen and oxygen atoms in total. The number of hydrogen-bond donors (Lipinski definition) is 0. The van der Waals surface area contributed by atoms with Gasteiger partial charge < -0.3 is 23.9 Å². The number of hydrogen-bond acceptors (Lipinski definition) is 6. The minimum atomic E-state index is -0.377. The van der Waals surface area contributed by atoms with Crippen molar-refractivity contribution in [3.63, 3.8) is 0 Å². The summed E-state index contributed by atoms with van der Waals surface area (Å²) in [4.78, 5) is 38.0. The average molecular weight is 555 g/mol. The van der Waals surface area contributed by atoms with Crippen LogP contribution in [0.2, 0.25) is 0 Å². The van der Waals surface area contributed by atoms with Crippen LogP contribution < -0.4 is 0 Å². The maximum absolute atomic E-state index is 10.8. The highest BCUT2D eigenvalue weighted by atomic mass is 16.6. The smallest absolute Gasteiger partial charge is 0.330 e. The molecule has 0 aromatic heterocycles. The van der Waals surface area contributed by atoms with Crippen molar-refractivity contribution in [2.45, 2.75) is 155 Å². The Kier molecular flexibility index (Phi) is 46.2. The van der Waals surface area contributed by atoms with Crippen molar-refractivity contribution in [2.24, 2.45) is 0 Å². The molecule has 0 aliphatic carbocycles. The number of carbonyl (C=O) groups excluding carboxylic acids is 4. The van der Waals surface area contributed by atoms with E-state index in [0.717, 1.165) is 25.6 Å². The highest BCUT2D eigenvalue weighted by Gasteiger charge is 1.97. The average Bonchev–Trinajstić information content (AvgIpc) is 2.97. The van der Waals surface area contributed by atoms with Crippen molar-refractivity contribution in [2.75, 3.05) is 19.8 Å². The Bertz CT molecular complexity index is 487. The number of carbonyl (C=O) groups is 4.